The molecule has 80 valence electrons. The number of amides is 1. The average molecular weight is 207 g/mol. The lowest BCUT2D eigenvalue weighted by Gasteiger charge is -2.02. The molecule has 4 heteroatoms. The monoisotopic (exact) mass is 207 g/mol. The Morgan fingerprint density at radius 3 is 2.33 bits per heavy atom. The third kappa shape index (κ3) is 3.42. The quantitative estimate of drug-likeness (QED) is 0.775. The molecule has 1 aromatic carbocycles. The summed E-state index contributed by atoms with van der Waals surface area (Å²) in [4.78, 5) is 21.8. The number of nitrogens with one attached hydrogen (secondary N) is 1. The van der Waals surface area contributed by atoms with Crippen LogP contribution in [0.4, 0.5) is 0 Å². The van der Waals surface area contributed by atoms with E-state index in [1.165, 1.54) is 12.1 Å². The highest BCUT2D eigenvalue weighted by molar-refractivity contribution is 5.87. The Morgan fingerprint density at radius 1 is 1.27 bits per heavy atom. The lowest BCUT2D eigenvalue weighted by molar-refractivity contribution is -0.120. The number of hydrogen-bond acceptors (Lipinski definition) is 2. The lowest BCUT2D eigenvalue weighted by atomic mass is 10.1. The topological polar surface area (TPSA) is 66.4 Å². The summed E-state index contributed by atoms with van der Waals surface area (Å²) in [6, 6.07) is 6.30. The normalized spacial score (nSPS) is 9.67. The second-order valence-corrected chi connectivity index (χ2v) is 3.13. The fourth-order valence-corrected chi connectivity index (χ4v) is 1.21. The van der Waals surface area contributed by atoms with Crippen molar-refractivity contribution >= 4 is 11.9 Å². The van der Waals surface area contributed by atoms with E-state index in [-0.39, 0.29) is 17.9 Å². The number of benzene rings is 1. The van der Waals surface area contributed by atoms with Crippen LogP contribution in [0.25, 0.3) is 0 Å². The fourth-order valence-electron chi connectivity index (χ4n) is 1.21. The van der Waals surface area contributed by atoms with Gasteiger partial charge in [0.2, 0.25) is 5.91 Å². The Morgan fingerprint density at radius 2 is 1.87 bits per heavy atom. The maximum atomic E-state index is 11.2. The zero-order valence-corrected chi connectivity index (χ0v) is 8.49. The minimum Gasteiger partial charge on any atom is -0.478 e. The number of rotatable bonds is 4. The highest BCUT2D eigenvalue weighted by Gasteiger charge is 2.04. The summed E-state index contributed by atoms with van der Waals surface area (Å²) >= 11 is 0. The van der Waals surface area contributed by atoms with E-state index < -0.39 is 5.97 Å². The van der Waals surface area contributed by atoms with E-state index in [0.717, 1.165) is 5.56 Å². The van der Waals surface area contributed by atoms with E-state index in [2.05, 4.69) is 5.32 Å². The molecule has 0 saturated carbocycles. The Bertz CT molecular complexity index is 357. The predicted molar refractivity (Wildman–Crippen MR) is 55.8 cm³/mol. The van der Waals surface area contributed by atoms with Gasteiger partial charge in [0.25, 0.3) is 0 Å². The number of carbonyl (C=O) groups is 2. The van der Waals surface area contributed by atoms with Crippen molar-refractivity contribution in [1.82, 2.24) is 5.32 Å². The van der Waals surface area contributed by atoms with Crippen molar-refractivity contribution in [1.29, 1.82) is 0 Å². The first kappa shape index (κ1) is 11.2. The second kappa shape index (κ2) is 5.14. The van der Waals surface area contributed by atoms with E-state index in [1.807, 2.05) is 6.92 Å². The number of carboxylic acids is 1. The van der Waals surface area contributed by atoms with Crippen LogP contribution in [0.2, 0.25) is 0 Å². The van der Waals surface area contributed by atoms with Gasteiger partial charge in [-0.05, 0) is 24.6 Å². The van der Waals surface area contributed by atoms with Crippen LogP contribution in [0.15, 0.2) is 24.3 Å². The van der Waals surface area contributed by atoms with Gasteiger partial charge in [-0.2, -0.15) is 0 Å². The molecule has 0 aliphatic heterocycles. The Balaban J connectivity index is 2.64. The van der Waals surface area contributed by atoms with Crippen LogP contribution >= 0.6 is 0 Å². The average Bonchev–Trinajstić information content (AvgIpc) is 2.18. The van der Waals surface area contributed by atoms with Gasteiger partial charge >= 0.3 is 5.97 Å². The first-order valence-corrected chi connectivity index (χ1v) is 4.72. The number of carboxylic acid groups (broad SMARTS) is 1. The summed E-state index contributed by atoms with van der Waals surface area (Å²) in [6.45, 7) is 2.46. The molecule has 0 aliphatic rings. The van der Waals surface area contributed by atoms with Crippen LogP contribution in [0, 0.1) is 0 Å². The van der Waals surface area contributed by atoms with Crippen LogP contribution < -0.4 is 5.32 Å². The van der Waals surface area contributed by atoms with Gasteiger partial charge in [-0.25, -0.2) is 4.79 Å². The molecule has 2 N–H and O–H groups in total. The predicted octanol–water partition coefficient (Wildman–Crippen LogP) is 1.06. The van der Waals surface area contributed by atoms with Crippen molar-refractivity contribution in [2.45, 2.75) is 13.3 Å². The number of aromatic carboxylic acids is 1. The minimum absolute atomic E-state index is 0.0550. The van der Waals surface area contributed by atoms with Crippen LogP contribution in [-0.2, 0) is 11.2 Å². The summed E-state index contributed by atoms with van der Waals surface area (Å²) in [7, 11) is 0. The largest absolute Gasteiger partial charge is 0.478 e. The summed E-state index contributed by atoms with van der Waals surface area (Å²) in [5.41, 5.74) is 1.04. The number of likely N-dealkylation sites (N-methyl/N-ethyl adjacent to an activating group) is 1. The Labute approximate surface area is 87.9 Å². The van der Waals surface area contributed by atoms with Gasteiger partial charge in [-0.1, -0.05) is 12.1 Å². The molecule has 0 bridgehead atoms. The SMILES string of the molecule is CCNC(=O)Cc1ccc(C(=O)O)cc1. The molecule has 0 unspecified atom stereocenters. The maximum absolute atomic E-state index is 11.2. The summed E-state index contributed by atoms with van der Waals surface area (Å²) in [6.07, 6.45) is 0.285. The molecule has 0 atom stereocenters. The van der Waals surface area contributed by atoms with Crippen molar-refractivity contribution in [3.05, 3.63) is 35.4 Å². The molecule has 1 rings (SSSR count). The first-order valence-electron chi connectivity index (χ1n) is 4.72. The Hall–Kier alpha value is -1.84. The molecular weight excluding hydrogens is 194 g/mol. The van der Waals surface area contributed by atoms with E-state index in [1.54, 1.807) is 12.1 Å². The molecular formula is C11H13NO3. The molecule has 1 amide bonds. The van der Waals surface area contributed by atoms with Gasteiger partial charge in [-0.15, -0.1) is 0 Å². The van der Waals surface area contributed by atoms with Gasteiger partial charge in [-0.3, -0.25) is 4.79 Å². The smallest absolute Gasteiger partial charge is 0.335 e. The van der Waals surface area contributed by atoms with E-state index in [4.69, 9.17) is 5.11 Å². The molecule has 15 heavy (non-hydrogen) atoms. The highest BCUT2D eigenvalue weighted by atomic mass is 16.4. The molecule has 0 heterocycles. The number of carbonyl (C=O) groups excluding carboxylic acids is 1. The summed E-state index contributed by atoms with van der Waals surface area (Å²) in [5, 5.41) is 11.3. The molecule has 0 spiro atoms. The first-order chi connectivity index (χ1) is 7.13. The molecule has 1 aromatic rings. The lowest BCUT2D eigenvalue weighted by Crippen LogP contribution is -2.24. The van der Waals surface area contributed by atoms with Crippen molar-refractivity contribution in [2.24, 2.45) is 0 Å². The zero-order chi connectivity index (χ0) is 11.3. The molecule has 4 nitrogen and oxygen atoms in total. The van der Waals surface area contributed by atoms with E-state index in [9.17, 15) is 9.59 Å². The van der Waals surface area contributed by atoms with E-state index in [0.29, 0.717) is 6.54 Å². The zero-order valence-electron chi connectivity index (χ0n) is 8.49. The van der Waals surface area contributed by atoms with Gasteiger partial charge < -0.3 is 10.4 Å². The molecule has 0 fully saturated rings. The number of hydrogen-bond donors (Lipinski definition) is 2. The molecule has 0 aliphatic carbocycles. The van der Waals surface area contributed by atoms with Crippen molar-refractivity contribution in [3.63, 3.8) is 0 Å². The summed E-state index contributed by atoms with van der Waals surface area (Å²) in [5.74, 6) is -1.01. The molecule has 0 radical (unpaired) electrons. The Kier molecular flexibility index (Phi) is 3.85. The standard InChI is InChI=1S/C11H13NO3/c1-2-12-10(13)7-8-3-5-9(6-4-8)11(14)15/h3-6H,2,7H2,1H3,(H,12,13)(H,14,15). The minimum atomic E-state index is -0.959. The highest BCUT2D eigenvalue weighted by Crippen LogP contribution is 2.05. The van der Waals surface area contributed by atoms with Gasteiger partial charge in [0.15, 0.2) is 0 Å². The second-order valence-electron chi connectivity index (χ2n) is 3.13. The third-order valence-electron chi connectivity index (χ3n) is 1.94. The molecule has 0 saturated heterocycles. The van der Waals surface area contributed by atoms with Crippen LogP contribution in [0.1, 0.15) is 22.8 Å². The van der Waals surface area contributed by atoms with Crippen molar-refractivity contribution in [3.8, 4) is 0 Å². The van der Waals surface area contributed by atoms with Crippen molar-refractivity contribution in [2.75, 3.05) is 6.54 Å². The van der Waals surface area contributed by atoms with Gasteiger partial charge in [0.1, 0.15) is 0 Å². The molecule has 0 aromatic heterocycles. The van der Waals surface area contributed by atoms with Crippen molar-refractivity contribution < 1.29 is 14.7 Å². The van der Waals surface area contributed by atoms with Gasteiger partial charge in [0.05, 0.1) is 12.0 Å². The van der Waals surface area contributed by atoms with E-state index >= 15 is 0 Å². The fraction of sp³-hybridized carbons (Fsp3) is 0.273. The third-order valence-corrected chi connectivity index (χ3v) is 1.94. The summed E-state index contributed by atoms with van der Waals surface area (Å²) < 4.78 is 0. The van der Waals surface area contributed by atoms with Gasteiger partial charge in [0, 0.05) is 6.54 Å². The maximum Gasteiger partial charge on any atom is 0.335 e. The van der Waals surface area contributed by atoms with Crippen LogP contribution in [0.5, 0.6) is 0 Å². The van der Waals surface area contributed by atoms with Crippen LogP contribution in [0.3, 0.4) is 0 Å². The van der Waals surface area contributed by atoms with Crippen LogP contribution in [-0.4, -0.2) is 23.5 Å².